The lowest BCUT2D eigenvalue weighted by atomic mass is 10.1. The summed E-state index contributed by atoms with van der Waals surface area (Å²) in [4.78, 5) is 44.6. The van der Waals surface area contributed by atoms with Crippen LogP contribution in [0.15, 0.2) is 131 Å². The number of hydrogen-bond donors (Lipinski definition) is 3. The highest BCUT2D eigenvalue weighted by Gasteiger charge is 2.21. The molecule has 0 fully saturated rings. The van der Waals surface area contributed by atoms with Gasteiger partial charge in [0.05, 0.1) is 23.4 Å². The van der Waals surface area contributed by atoms with Crippen molar-refractivity contribution in [2.24, 2.45) is 7.05 Å². The second kappa shape index (κ2) is 14.6. The second-order valence-electron chi connectivity index (χ2n) is 11.2. The van der Waals surface area contributed by atoms with Crippen LogP contribution in [-0.4, -0.2) is 30.8 Å². The van der Waals surface area contributed by atoms with Crippen LogP contribution in [0.4, 0.5) is 10.1 Å². The summed E-state index contributed by atoms with van der Waals surface area (Å²) in [7, 11) is 1.88. The fourth-order valence-electron chi connectivity index (χ4n) is 5.15. The predicted molar refractivity (Wildman–Crippen MR) is 186 cm³/mol. The van der Waals surface area contributed by atoms with Crippen molar-refractivity contribution >= 4 is 23.4 Å². The van der Waals surface area contributed by atoms with Gasteiger partial charge in [-0.1, -0.05) is 30.3 Å². The number of aryl methyl sites for hydroxylation is 2. The quantitative estimate of drug-likeness (QED) is 0.182. The molecule has 0 saturated heterocycles. The summed E-state index contributed by atoms with van der Waals surface area (Å²) in [6.45, 7) is 2.08. The van der Waals surface area contributed by atoms with Crippen LogP contribution in [0.25, 0.3) is 11.3 Å². The number of amides is 1. The maximum absolute atomic E-state index is 13.6. The number of nitrogens with two attached hydrogens (primary N) is 1. The van der Waals surface area contributed by atoms with Crippen molar-refractivity contribution in [1.82, 2.24) is 24.0 Å². The minimum absolute atomic E-state index is 0.129. The van der Waals surface area contributed by atoms with E-state index in [1.54, 1.807) is 43.7 Å². The number of anilines is 1. The highest BCUT2D eigenvalue weighted by atomic mass is 19.1. The maximum Gasteiger partial charge on any atom is 0.335 e. The molecule has 0 unspecified atom stereocenters. The molecule has 1 amide bonds. The fourth-order valence-corrected chi connectivity index (χ4v) is 5.15. The van der Waals surface area contributed by atoms with Crippen LogP contribution < -0.4 is 36.8 Å². The van der Waals surface area contributed by atoms with Crippen molar-refractivity contribution < 1.29 is 24.1 Å². The van der Waals surface area contributed by atoms with Gasteiger partial charge in [0.25, 0.3) is 11.5 Å². The molecular formula is C37H33FN7O5+. The van der Waals surface area contributed by atoms with E-state index in [1.165, 1.54) is 29.1 Å². The first kappa shape index (κ1) is 33.2. The Morgan fingerprint density at radius 3 is 2.52 bits per heavy atom. The zero-order chi connectivity index (χ0) is 35.2. The number of carbonyl (C=O) groups is 1. The molecule has 4 N–H and O–H groups in total. The molecule has 0 atom stereocenters. The molecule has 1 aliphatic heterocycles. The van der Waals surface area contributed by atoms with Crippen LogP contribution in [0.2, 0.25) is 0 Å². The highest BCUT2D eigenvalue weighted by molar-refractivity contribution is 6.04. The molecular weight excluding hydrogens is 641 g/mol. The van der Waals surface area contributed by atoms with Crippen LogP contribution in [-0.2, 0) is 20.2 Å². The molecule has 3 heterocycles. The molecule has 6 rings (SSSR count). The zero-order valence-electron chi connectivity index (χ0n) is 27.2. The third-order valence-electron chi connectivity index (χ3n) is 7.68. The third kappa shape index (κ3) is 7.21. The Bertz CT molecular complexity index is 2280. The zero-order valence-corrected chi connectivity index (χ0v) is 27.2. The van der Waals surface area contributed by atoms with E-state index in [2.05, 4.69) is 15.6 Å². The highest BCUT2D eigenvalue weighted by Crippen LogP contribution is 2.35. The lowest BCUT2D eigenvalue weighted by molar-refractivity contribution is -0.104. The van der Waals surface area contributed by atoms with E-state index in [1.807, 2.05) is 54.2 Å². The van der Waals surface area contributed by atoms with E-state index in [0.29, 0.717) is 28.6 Å². The number of carbonyl (C=O) groups excluding carboxylic acids is 1. The first-order chi connectivity index (χ1) is 24.2. The standard InChI is InChI=1S/C37H32FN7O5/c1-3-44-20-29(36(47)45(37(44)48)28-12-9-26(38)10-13-28)35(46)42-27-11-14-32(34(18-27)49-22-24-7-5-4-6-8-24)50-33-17-25(19-40-30(33)15-16-39)31-21-43(2)23-41-31/h4-21,23,39-40H,3,22H2,1-2H3,(H,42,46)/p+1/b30-15-,39-16?. The number of hydrogen-bond acceptors (Lipinski definition) is 7. The van der Waals surface area contributed by atoms with E-state index in [4.69, 9.17) is 14.9 Å². The fraction of sp³-hybridized carbons (Fsp3) is 0.108. The molecule has 0 aliphatic carbocycles. The van der Waals surface area contributed by atoms with Crippen molar-refractivity contribution in [2.45, 2.75) is 20.1 Å². The molecule has 5 aromatic rings. The maximum atomic E-state index is 13.6. The van der Waals surface area contributed by atoms with Crippen LogP contribution in [0.5, 0.6) is 11.5 Å². The van der Waals surface area contributed by atoms with Gasteiger partial charge >= 0.3 is 5.69 Å². The van der Waals surface area contributed by atoms with E-state index >= 15 is 0 Å². The summed E-state index contributed by atoms with van der Waals surface area (Å²) in [6.07, 6.45) is 11.4. The minimum Gasteiger partial charge on any atom is -0.485 e. The number of allylic oxidation sites excluding steroid dienone is 3. The first-order valence-corrected chi connectivity index (χ1v) is 15.6. The number of halogens is 1. The molecule has 0 bridgehead atoms. The lowest BCUT2D eigenvalue weighted by Gasteiger charge is -2.20. The Hall–Kier alpha value is -6.76. The lowest BCUT2D eigenvalue weighted by Crippen LogP contribution is -2.42. The smallest absolute Gasteiger partial charge is 0.335 e. The molecule has 1 aliphatic rings. The summed E-state index contributed by atoms with van der Waals surface area (Å²) in [5.74, 6) is -0.242. The number of imidazole rings is 1. The van der Waals surface area contributed by atoms with Crippen molar-refractivity contribution in [2.75, 3.05) is 5.32 Å². The second-order valence-corrected chi connectivity index (χ2v) is 11.2. The number of nitrogens with zero attached hydrogens (tertiary/aromatic N) is 4. The number of nitrogens with one attached hydrogen (secondary N) is 2. The number of ether oxygens (including phenoxy) is 2. The van der Waals surface area contributed by atoms with Crippen LogP contribution in [0.3, 0.4) is 0 Å². The van der Waals surface area contributed by atoms with Crippen molar-refractivity contribution in [3.05, 3.63) is 165 Å². The molecule has 0 radical (unpaired) electrons. The predicted octanol–water partition coefficient (Wildman–Crippen LogP) is 3.34. The summed E-state index contributed by atoms with van der Waals surface area (Å²) >= 11 is 0. The Labute approximate surface area is 285 Å². The Balaban J connectivity index is 1.34. The van der Waals surface area contributed by atoms with Crippen LogP contribution in [0, 0.1) is 5.82 Å². The van der Waals surface area contributed by atoms with E-state index in [0.717, 1.165) is 33.5 Å². The Kier molecular flexibility index (Phi) is 9.65. The molecule has 3 aromatic carbocycles. The van der Waals surface area contributed by atoms with Gasteiger partial charge in [-0.15, -0.1) is 0 Å². The summed E-state index contributed by atoms with van der Waals surface area (Å²) in [5, 5.41) is 11.7. The molecule has 12 nitrogen and oxygen atoms in total. The first-order valence-electron chi connectivity index (χ1n) is 15.6. The van der Waals surface area contributed by atoms with Gasteiger partial charge in [0.15, 0.2) is 23.5 Å². The van der Waals surface area contributed by atoms with Crippen LogP contribution >= 0.6 is 0 Å². The van der Waals surface area contributed by atoms with Gasteiger partial charge in [0.2, 0.25) is 0 Å². The average molecular weight is 675 g/mol. The topological polar surface area (TPSA) is 147 Å². The summed E-state index contributed by atoms with van der Waals surface area (Å²) in [5.41, 5.74) is 1.60. The molecule has 50 heavy (non-hydrogen) atoms. The average Bonchev–Trinajstić information content (AvgIpc) is 3.56. The van der Waals surface area contributed by atoms with Gasteiger partial charge in [-0.3, -0.25) is 19.6 Å². The molecule has 252 valence electrons. The summed E-state index contributed by atoms with van der Waals surface area (Å²) < 4.78 is 30.1. The van der Waals surface area contributed by atoms with Gasteiger partial charge < -0.3 is 24.7 Å². The van der Waals surface area contributed by atoms with Crippen LogP contribution in [0.1, 0.15) is 28.5 Å². The van der Waals surface area contributed by atoms with Crippen molar-refractivity contribution in [1.29, 1.82) is 0 Å². The number of rotatable bonds is 11. The summed E-state index contributed by atoms with van der Waals surface area (Å²) in [6, 6.07) is 19.2. The largest absolute Gasteiger partial charge is 0.485 e. The SMILES string of the molecule is CCn1cc(C(=O)Nc2ccc(OC3=CC(c4cn(C)cn4)=CN/C3=C\C=[NH2+])c(OCc3ccccc3)c2)c(=O)n(-c2ccc(F)cc2)c1=O. The van der Waals surface area contributed by atoms with Gasteiger partial charge in [-0.05, 0) is 55.0 Å². The van der Waals surface area contributed by atoms with Gasteiger partial charge in [-0.2, -0.15) is 0 Å². The van der Waals surface area contributed by atoms with Crippen molar-refractivity contribution in [3.8, 4) is 17.2 Å². The Morgan fingerprint density at radius 2 is 1.82 bits per heavy atom. The minimum atomic E-state index is -0.853. The van der Waals surface area contributed by atoms with Crippen molar-refractivity contribution in [3.63, 3.8) is 0 Å². The van der Waals surface area contributed by atoms with Gasteiger partial charge in [0, 0.05) is 55.6 Å². The van der Waals surface area contributed by atoms with E-state index < -0.39 is 23.0 Å². The number of benzene rings is 3. The molecule has 0 spiro atoms. The Morgan fingerprint density at radius 1 is 1.04 bits per heavy atom. The van der Waals surface area contributed by atoms with Gasteiger partial charge in [-0.25, -0.2) is 18.7 Å². The van der Waals surface area contributed by atoms with Gasteiger partial charge in [0.1, 0.15) is 18.0 Å². The molecule has 13 heteroatoms. The monoisotopic (exact) mass is 674 g/mol. The molecule has 2 aromatic heterocycles. The number of dihydropyridines is 1. The van der Waals surface area contributed by atoms with E-state index in [9.17, 15) is 18.8 Å². The third-order valence-corrected chi connectivity index (χ3v) is 7.68. The number of aromatic nitrogens is 4. The normalized spacial score (nSPS) is 13.2. The molecule has 0 saturated carbocycles. The van der Waals surface area contributed by atoms with E-state index in [-0.39, 0.29) is 24.4 Å².